The van der Waals surface area contributed by atoms with Crippen LogP contribution < -0.4 is 30.5 Å². The van der Waals surface area contributed by atoms with E-state index in [1.807, 2.05) is 18.2 Å². The minimum atomic E-state index is -0.698. The minimum Gasteiger partial charge on any atom is -0.489 e. The van der Waals surface area contributed by atoms with Crippen LogP contribution in [-0.4, -0.2) is 103 Å². The van der Waals surface area contributed by atoms with E-state index in [2.05, 4.69) is 74.6 Å². The first-order valence-electron chi connectivity index (χ1n) is 19.7. The number of halogens is 1. The summed E-state index contributed by atoms with van der Waals surface area (Å²) < 4.78 is 6.36. The van der Waals surface area contributed by atoms with Gasteiger partial charge in [-0.3, -0.25) is 29.4 Å². The first-order chi connectivity index (χ1) is 27.2. The molecule has 300 valence electrons. The second kappa shape index (κ2) is 16.3. The summed E-state index contributed by atoms with van der Waals surface area (Å²) >= 11 is 6.24. The van der Waals surface area contributed by atoms with Crippen molar-refractivity contribution in [2.45, 2.75) is 71.6 Å². The molecule has 0 bridgehead atoms. The number of carbonyl (C=O) groups is 4. The fourth-order valence-electron chi connectivity index (χ4n) is 9.21. The summed E-state index contributed by atoms with van der Waals surface area (Å²) in [5.41, 5.74) is 1.43. The zero-order valence-electron chi connectivity index (χ0n) is 32.9. The molecular formula is C42H50ClN9O5. The highest BCUT2D eigenvalue weighted by molar-refractivity contribution is 6.31. The fourth-order valence-corrected chi connectivity index (χ4v) is 9.42. The van der Waals surface area contributed by atoms with Gasteiger partial charge in [-0.05, 0) is 73.7 Å². The van der Waals surface area contributed by atoms with Crippen LogP contribution in [0.3, 0.4) is 0 Å². The Labute approximate surface area is 338 Å². The third-order valence-electron chi connectivity index (χ3n) is 12.2. The Kier molecular flexibility index (Phi) is 11.4. The van der Waals surface area contributed by atoms with Crippen molar-refractivity contribution in [2.24, 2.45) is 16.7 Å². The average Bonchev–Trinajstić information content (AvgIpc) is 3.20. The topological polar surface area (TPSA) is 173 Å². The van der Waals surface area contributed by atoms with Crippen molar-refractivity contribution in [3.05, 3.63) is 76.4 Å². The lowest BCUT2D eigenvalue weighted by Crippen LogP contribution is -2.74. The maximum absolute atomic E-state index is 13.4. The number of ether oxygens (including phenoxy) is 1. The molecule has 0 spiro atoms. The Balaban J connectivity index is 0.832. The van der Waals surface area contributed by atoms with Crippen LogP contribution in [0, 0.1) is 28.1 Å². The van der Waals surface area contributed by atoms with Gasteiger partial charge in [0.25, 0.3) is 11.8 Å². The number of nitriles is 1. The van der Waals surface area contributed by atoms with Gasteiger partial charge in [0.05, 0.1) is 10.6 Å². The molecule has 1 aromatic heterocycles. The Hall–Kier alpha value is -5.26. The summed E-state index contributed by atoms with van der Waals surface area (Å²) in [5.74, 6) is 0.572. The lowest BCUT2D eigenvalue weighted by atomic mass is 9.49. The van der Waals surface area contributed by atoms with E-state index in [0.717, 1.165) is 70.2 Å². The maximum Gasteiger partial charge on any atom is 0.272 e. The SMILES string of the molecule is CC1(C)C(NC(=O)c2ccc(N3CCC(CN4CCN(c5ccc(C(=O)NC6CCC(=O)NC6=O)cc5)CC4)CC3)nn2)C(C)(C)C1Oc1ccc(C#N)c(Cl)c1. The molecule has 4 aliphatic rings. The van der Waals surface area contributed by atoms with E-state index in [4.69, 9.17) is 16.3 Å². The van der Waals surface area contributed by atoms with Crippen molar-refractivity contribution >= 4 is 46.7 Å². The lowest BCUT2D eigenvalue weighted by molar-refractivity contribution is -0.164. The molecule has 1 atom stereocenters. The van der Waals surface area contributed by atoms with Gasteiger partial charge >= 0.3 is 0 Å². The van der Waals surface area contributed by atoms with Gasteiger partial charge in [-0.25, -0.2) is 0 Å². The molecule has 4 heterocycles. The molecule has 3 aliphatic heterocycles. The Morgan fingerprint density at radius 1 is 0.877 bits per heavy atom. The van der Waals surface area contributed by atoms with E-state index in [-0.39, 0.29) is 52.8 Å². The van der Waals surface area contributed by atoms with Crippen molar-refractivity contribution in [3.8, 4) is 11.8 Å². The van der Waals surface area contributed by atoms with Gasteiger partial charge in [0.2, 0.25) is 11.8 Å². The van der Waals surface area contributed by atoms with Crippen LogP contribution in [0.25, 0.3) is 0 Å². The van der Waals surface area contributed by atoms with Crippen molar-refractivity contribution in [1.82, 2.24) is 31.0 Å². The summed E-state index contributed by atoms with van der Waals surface area (Å²) in [7, 11) is 0. The Bertz CT molecular complexity index is 2020. The zero-order valence-corrected chi connectivity index (χ0v) is 33.6. The maximum atomic E-state index is 13.4. The molecule has 0 radical (unpaired) electrons. The number of aromatic nitrogens is 2. The van der Waals surface area contributed by atoms with Crippen LogP contribution in [-0.2, 0) is 9.59 Å². The summed E-state index contributed by atoms with van der Waals surface area (Å²) in [6, 6.07) is 17.3. The number of piperazine rings is 1. The Morgan fingerprint density at radius 3 is 2.19 bits per heavy atom. The molecular weight excluding hydrogens is 746 g/mol. The zero-order chi connectivity index (χ0) is 40.5. The number of rotatable bonds is 10. The number of nitrogens with zero attached hydrogens (tertiary/aromatic N) is 6. The van der Waals surface area contributed by atoms with Crippen LogP contribution >= 0.6 is 11.6 Å². The number of benzene rings is 2. The number of hydrogen-bond donors (Lipinski definition) is 3. The highest BCUT2D eigenvalue weighted by Crippen LogP contribution is 2.55. The fraction of sp³-hybridized carbons (Fsp3) is 0.500. The summed E-state index contributed by atoms with van der Waals surface area (Å²) in [6.45, 7) is 14.8. The molecule has 1 aliphatic carbocycles. The van der Waals surface area contributed by atoms with Crippen LogP contribution in [0.15, 0.2) is 54.6 Å². The first kappa shape index (κ1) is 40.0. The molecule has 2 aromatic carbocycles. The van der Waals surface area contributed by atoms with Crippen molar-refractivity contribution in [3.63, 3.8) is 0 Å². The second-order valence-corrected chi connectivity index (χ2v) is 17.2. The predicted molar refractivity (Wildman–Crippen MR) is 215 cm³/mol. The Morgan fingerprint density at radius 2 is 1.58 bits per heavy atom. The van der Waals surface area contributed by atoms with E-state index in [1.54, 1.807) is 36.4 Å². The number of hydrogen-bond acceptors (Lipinski definition) is 11. The molecule has 57 heavy (non-hydrogen) atoms. The number of carbonyl (C=O) groups excluding carboxylic acids is 4. The van der Waals surface area contributed by atoms with E-state index < -0.39 is 11.9 Å². The van der Waals surface area contributed by atoms with Crippen molar-refractivity contribution in [1.29, 1.82) is 5.26 Å². The quantitative estimate of drug-likeness (QED) is 0.251. The molecule has 1 saturated carbocycles. The standard InChI is InChI=1S/C42H50ClN9O5/c1-41(2)39(42(3,4)40(41)57-30-10-7-28(24-44)31(43)23-30)47-38(56)33-11-13-34(49-48-33)52-17-15-26(16-18-52)25-50-19-21-51(22-20-50)29-8-5-27(6-9-29)36(54)45-32-12-14-35(53)46-37(32)55/h5-11,13,23,26,32,39-40H,12,14-22,25H2,1-4H3,(H,45,54)(H,47,56)(H,46,53,55). The van der Waals surface area contributed by atoms with E-state index in [9.17, 15) is 24.4 Å². The van der Waals surface area contributed by atoms with Gasteiger partial charge in [0.15, 0.2) is 11.5 Å². The van der Waals surface area contributed by atoms with Gasteiger partial charge in [0, 0.05) is 86.4 Å². The van der Waals surface area contributed by atoms with Gasteiger partial charge in [-0.1, -0.05) is 39.3 Å². The number of piperidine rings is 2. The van der Waals surface area contributed by atoms with Crippen molar-refractivity contribution < 1.29 is 23.9 Å². The van der Waals surface area contributed by atoms with Crippen LogP contribution in [0.2, 0.25) is 5.02 Å². The first-order valence-corrected chi connectivity index (χ1v) is 20.1. The number of amides is 4. The summed E-state index contributed by atoms with van der Waals surface area (Å²) in [4.78, 5) is 56.6. The highest BCUT2D eigenvalue weighted by Gasteiger charge is 2.64. The molecule has 3 saturated heterocycles. The molecule has 1 unspecified atom stereocenters. The van der Waals surface area contributed by atoms with Crippen LogP contribution in [0.4, 0.5) is 11.5 Å². The van der Waals surface area contributed by atoms with Crippen LogP contribution in [0.1, 0.15) is 79.8 Å². The molecule has 3 aromatic rings. The summed E-state index contributed by atoms with van der Waals surface area (Å²) in [6.07, 6.45) is 2.42. The average molecular weight is 796 g/mol. The molecule has 3 N–H and O–H groups in total. The number of anilines is 2. The lowest BCUT2D eigenvalue weighted by Gasteiger charge is -2.63. The van der Waals surface area contributed by atoms with E-state index >= 15 is 0 Å². The normalized spacial score (nSPS) is 23.5. The third kappa shape index (κ3) is 8.55. The monoisotopic (exact) mass is 795 g/mol. The molecule has 15 heteroatoms. The van der Waals surface area contributed by atoms with Gasteiger partial charge < -0.3 is 25.2 Å². The largest absolute Gasteiger partial charge is 0.489 e. The van der Waals surface area contributed by atoms with Gasteiger partial charge in [-0.15, -0.1) is 10.2 Å². The number of nitrogens with one attached hydrogen (secondary N) is 3. The third-order valence-corrected chi connectivity index (χ3v) is 12.5. The van der Waals surface area contributed by atoms with E-state index in [1.165, 1.54) is 0 Å². The number of imide groups is 1. The molecule has 14 nitrogen and oxygen atoms in total. The second-order valence-electron chi connectivity index (χ2n) is 16.8. The van der Waals surface area contributed by atoms with Crippen molar-refractivity contribution in [2.75, 3.05) is 55.6 Å². The highest BCUT2D eigenvalue weighted by atomic mass is 35.5. The smallest absolute Gasteiger partial charge is 0.272 e. The summed E-state index contributed by atoms with van der Waals surface area (Å²) in [5, 5.41) is 26.5. The molecule has 4 fully saturated rings. The van der Waals surface area contributed by atoms with Gasteiger partial charge in [-0.2, -0.15) is 5.26 Å². The molecule has 7 rings (SSSR count). The molecule has 4 amide bonds. The minimum absolute atomic E-state index is 0.180. The predicted octanol–water partition coefficient (Wildman–Crippen LogP) is 4.19. The van der Waals surface area contributed by atoms with Gasteiger partial charge in [0.1, 0.15) is 24.0 Å². The van der Waals surface area contributed by atoms with E-state index in [0.29, 0.717) is 34.2 Å². The van der Waals surface area contributed by atoms with Crippen LogP contribution in [0.5, 0.6) is 5.75 Å².